The summed E-state index contributed by atoms with van der Waals surface area (Å²) in [4.78, 5) is 11.9. The van der Waals surface area contributed by atoms with Crippen LogP contribution in [-0.4, -0.2) is 12.4 Å². The number of hydrogen-bond acceptors (Lipinski definition) is 2. The zero-order valence-electron chi connectivity index (χ0n) is 11.7. The summed E-state index contributed by atoms with van der Waals surface area (Å²) in [7, 11) is 0. The van der Waals surface area contributed by atoms with Crippen LogP contribution in [0.5, 0.6) is 5.75 Å². The number of benzene rings is 2. The van der Waals surface area contributed by atoms with Crippen LogP contribution >= 0.6 is 0 Å². The largest absolute Gasteiger partial charge is 0.486 e. The van der Waals surface area contributed by atoms with Gasteiger partial charge in [0.15, 0.2) is 5.78 Å². The summed E-state index contributed by atoms with van der Waals surface area (Å²) in [6.07, 6.45) is 2.73. The molecule has 0 atom stereocenters. The molecule has 0 heterocycles. The Labute approximate surface area is 123 Å². The first-order valence-electron chi connectivity index (χ1n) is 6.77. The second-order valence-corrected chi connectivity index (χ2v) is 4.73. The maximum Gasteiger partial charge on any atom is 0.174 e. The van der Waals surface area contributed by atoms with Gasteiger partial charge in [0.25, 0.3) is 0 Å². The molecule has 3 heteroatoms. The molecule has 0 aliphatic carbocycles. The van der Waals surface area contributed by atoms with Gasteiger partial charge in [0.1, 0.15) is 18.2 Å². The minimum Gasteiger partial charge on any atom is -0.486 e. The van der Waals surface area contributed by atoms with E-state index in [1.54, 1.807) is 18.2 Å². The number of carbonyl (C=O) groups is 1. The van der Waals surface area contributed by atoms with E-state index in [9.17, 15) is 9.18 Å². The van der Waals surface area contributed by atoms with Crippen molar-refractivity contribution >= 4 is 5.78 Å². The van der Waals surface area contributed by atoms with Crippen molar-refractivity contribution in [3.05, 3.63) is 78.1 Å². The summed E-state index contributed by atoms with van der Waals surface area (Å²) >= 11 is 0. The van der Waals surface area contributed by atoms with Gasteiger partial charge in [-0.25, -0.2) is 4.39 Å². The molecular weight excluding hydrogens is 267 g/mol. The average molecular weight is 284 g/mol. The molecule has 0 aromatic heterocycles. The van der Waals surface area contributed by atoms with E-state index in [0.29, 0.717) is 12.2 Å². The predicted molar refractivity (Wildman–Crippen MR) is 80.9 cm³/mol. The van der Waals surface area contributed by atoms with Crippen LogP contribution in [0.25, 0.3) is 0 Å². The van der Waals surface area contributed by atoms with Crippen LogP contribution in [0, 0.1) is 5.82 Å². The topological polar surface area (TPSA) is 26.3 Å². The van der Waals surface area contributed by atoms with Crippen LogP contribution in [0.1, 0.15) is 11.1 Å². The van der Waals surface area contributed by atoms with E-state index < -0.39 is 0 Å². The quantitative estimate of drug-likeness (QED) is 0.724. The number of rotatable bonds is 7. The summed E-state index contributed by atoms with van der Waals surface area (Å²) < 4.78 is 18.4. The third-order valence-corrected chi connectivity index (χ3v) is 3.04. The molecule has 2 aromatic carbocycles. The summed E-state index contributed by atoms with van der Waals surface area (Å²) in [6, 6.07) is 13.5. The fourth-order valence-corrected chi connectivity index (χ4v) is 2.01. The second kappa shape index (κ2) is 7.39. The van der Waals surface area contributed by atoms with Crippen LogP contribution in [-0.2, 0) is 17.6 Å². The molecule has 0 aliphatic heterocycles. The molecule has 2 nitrogen and oxygen atoms in total. The van der Waals surface area contributed by atoms with E-state index in [4.69, 9.17) is 4.74 Å². The molecule has 0 fully saturated rings. The van der Waals surface area contributed by atoms with Gasteiger partial charge in [-0.15, -0.1) is 6.58 Å². The van der Waals surface area contributed by atoms with E-state index in [0.717, 1.165) is 11.1 Å². The van der Waals surface area contributed by atoms with Gasteiger partial charge in [-0.1, -0.05) is 36.4 Å². The standard InChI is InChI=1S/C18H17FO2/c1-2-5-15-6-3-4-7-18(15)21-13-17(20)12-14-8-10-16(19)11-9-14/h2-4,6-11H,1,5,12-13H2. The first kappa shape index (κ1) is 15.0. The van der Waals surface area contributed by atoms with Gasteiger partial charge in [-0.3, -0.25) is 4.79 Å². The molecule has 0 N–H and O–H groups in total. The zero-order chi connectivity index (χ0) is 15.1. The van der Waals surface area contributed by atoms with Gasteiger partial charge in [0, 0.05) is 6.42 Å². The van der Waals surface area contributed by atoms with Crippen molar-refractivity contribution in [2.24, 2.45) is 0 Å². The van der Waals surface area contributed by atoms with E-state index in [1.165, 1.54) is 12.1 Å². The molecule has 0 amide bonds. The SMILES string of the molecule is C=CCc1ccccc1OCC(=O)Cc1ccc(F)cc1. The average Bonchev–Trinajstić information content (AvgIpc) is 2.49. The highest BCUT2D eigenvalue weighted by molar-refractivity contribution is 5.82. The summed E-state index contributed by atoms with van der Waals surface area (Å²) in [6.45, 7) is 3.71. The van der Waals surface area contributed by atoms with Gasteiger partial charge in [0.05, 0.1) is 0 Å². The predicted octanol–water partition coefficient (Wildman–Crippen LogP) is 3.74. The van der Waals surface area contributed by atoms with Crippen molar-refractivity contribution in [1.29, 1.82) is 0 Å². The van der Waals surface area contributed by atoms with E-state index in [1.807, 2.05) is 24.3 Å². The van der Waals surface area contributed by atoms with Gasteiger partial charge in [-0.2, -0.15) is 0 Å². The Morgan fingerprint density at radius 3 is 2.57 bits per heavy atom. The van der Waals surface area contributed by atoms with Crippen LogP contribution in [0.15, 0.2) is 61.2 Å². The molecule has 21 heavy (non-hydrogen) atoms. The molecule has 0 saturated heterocycles. The van der Waals surface area contributed by atoms with Crippen molar-refractivity contribution in [3.63, 3.8) is 0 Å². The number of para-hydroxylation sites is 1. The van der Waals surface area contributed by atoms with E-state index in [2.05, 4.69) is 6.58 Å². The van der Waals surface area contributed by atoms with Crippen molar-refractivity contribution in [3.8, 4) is 5.75 Å². The fraction of sp³-hybridized carbons (Fsp3) is 0.167. The van der Waals surface area contributed by atoms with Crippen LogP contribution in [0.3, 0.4) is 0 Å². The van der Waals surface area contributed by atoms with Gasteiger partial charge < -0.3 is 4.74 Å². The Morgan fingerprint density at radius 2 is 1.86 bits per heavy atom. The van der Waals surface area contributed by atoms with Crippen LogP contribution in [0.2, 0.25) is 0 Å². The number of hydrogen-bond donors (Lipinski definition) is 0. The molecule has 0 bridgehead atoms. The normalized spacial score (nSPS) is 10.1. The van der Waals surface area contributed by atoms with Gasteiger partial charge in [-0.05, 0) is 35.7 Å². The fourth-order valence-electron chi connectivity index (χ4n) is 2.01. The monoisotopic (exact) mass is 284 g/mol. The Bertz CT molecular complexity index is 617. The Kier molecular flexibility index (Phi) is 5.27. The lowest BCUT2D eigenvalue weighted by atomic mass is 10.1. The maximum absolute atomic E-state index is 12.8. The number of ether oxygens (including phenoxy) is 1. The number of ketones is 1. The Balaban J connectivity index is 1.92. The summed E-state index contributed by atoms with van der Waals surface area (Å²) in [5.41, 5.74) is 1.78. The van der Waals surface area contributed by atoms with Gasteiger partial charge >= 0.3 is 0 Å². The van der Waals surface area contributed by atoms with Crippen LogP contribution < -0.4 is 4.74 Å². The molecule has 0 spiro atoms. The lowest BCUT2D eigenvalue weighted by Gasteiger charge is -2.09. The highest BCUT2D eigenvalue weighted by atomic mass is 19.1. The minimum atomic E-state index is -0.305. The Hall–Kier alpha value is -2.42. The molecule has 0 aliphatic rings. The molecule has 0 radical (unpaired) electrons. The number of halogens is 1. The molecule has 108 valence electrons. The molecular formula is C18H17FO2. The minimum absolute atomic E-state index is 0.00549. The van der Waals surface area contributed by atoms with E-state index in [-0.39, 0.29) is 24.6 Å². The highest BCUT2D eigenvalue weighted by Gasteiger charge is 2.07. The number of Topliss-reactive ketones (excluding diaryl/α,β-unsaturated/α-hetero) is 1. The van der Waals surface area contributed by atoms with Gasteiger partial charge in [0.2, 0.25) is 0 Å². The lowest BCUT2D eigenvalue weighted by molar-refractivity contribution is -0.120. The molecule has 0 unspecified atom stereocenters. The highest BCUT2D eigenvalue weighted by Crippen LogP contribution is 2.18. The maximum atomic E-state index is 12.8. The van der Waals surface area contributed by atoms with Crippen molar-refractivity contribution in [1.82, 2.24) is 0 Å². The molecule has 2 rings (SSSR count). The summed E-state index contributed by atoms with van der Waals surface area (Å²) in [5.74, 6) is 0.348. The number of carbonyl (C=O) groups excluding carboxylic acids is 1. The Morgan fingerprint density at radius 1 is 1.14 bits per heavy atom. The first-order valence-corrected chi connectivity index (χ1v) is 6.77. The number of allylic oxidation sites excluding steroid dienone is 1. The van der Waals surface area contributed by atoms with Crippen molar-refractivity contribution in [2.45, 2.75) is 12.8 Å². The first-order chi connectivity index (χ1) is 10.2. The van der Waals surface area contributed by atoms with E-state index >= 15 is 0 Å². The van der Waals surface area contributed by atoms with Crippen LogP contribution in [0.4, 0.5) is 4.39 Å². The molecule has 2 aromatic rings. The third-order valence-electron chi connectivity index (χ3n) is 3.04. The molecule has 0 saturated carbocycles. The smallest absolute Gasteiger partial charge is 0.174 e. The second-order valence-electron chi connectivity index (χ2n) is 4.73. The summed E-state index contributed by atoms with van der Waals surface area (Å²) in [5, 5.41) is 0. The zero-order valence-corrected chi connectivity index (χ0v) is 11.7. The third kappa shape index (κ3) is 4.56. The van der Waals surface area contributed by atoms with Crippen molar-refractivity contribution < 1.29 is 13.9 Å². The lowest BCUT2D eigenvalue weighted by Crippen LogP contribution is -2.14. The van der Waals surface area contributed by atoms with Crippen molar-refractivity contribution in [2.75, 3.05) is 6.61 Å².